The zero-order valence-electron chi connectivity index (χ0n) is 13.6. The molecular formula is C20H28N2. The van der Waals surface area contributed by atoms with Crippen LogP contribution in [0.1, 0.15) is 56.4 Å². The minimum atomic E-state index is 0.749. The van der Waals surface area contributed by atoms with Crippen molar-refractivity contribution in [1.29, 1.82) is 0 Å². The third-order valence-corrected chi connectivity index (χ3v) is 5.78. The molecule has 2 nitrogen and oxygen atoms in total. The Morgan fingerprint density at radius 3 is 2.55 bits per heavy atom. The van der Waals surface area contributed by atoms with E-state index in [0.717, 1.165) is 11.8 Å². The maximum atomic E-state index is 3.50. The Bertz CT molecular complexity index is 616. The second kappa shape index (κ2) is 6.45. The number of hydrogen-bond acceptors (Lipinski definition) is 1. The first-order chi connectivity index (χ1) is 10.9. The van der Waals surface area contributed by atoms with Gasteiger partial charge in [-0.05, 0) is 62.2 Å². The van der Waals surface area contributed by atoms with Crippen LogP contribution < -0.4 is 5.32 Å². The topological polar surface area (TPSA) is 17.0 Å². The maximum absolute atomic E-state index is 3.50. The molecule has 118 valence electrons. The number of hydrogen-bond donors (Lipinski definition) is 1. The lowest BCUT2D eigenvalue weighted by molar-refractivity contribution is 0.322. The molecule has 4 rings (SSSR count). The highest BCUT2D eigenvalue weighted by Gasteiger charge is 2.21. The van der Waals surface area contributed by atoms with Crippen molar-refractivity contribution in [3.8, 4) is 0 Å². The van der Waals surface area contributed by atoms with Crippen molar-refractivity contribution in [2.45, 2.75) is 57.4 Å². The van der Waals surface area contributed by atoms with E-state index in [1.807, 2.05) is 0 Å². The van der Waals surface area contributed by atoms with Gasteiger partial charge in [-0.2, -0.15) is 0 Å². The lowest BCUT2D eigenvalue weighted by Gasteiger charge is -2.23. The van der Waals surface area contributed by atoms with Crippen molar-refractivity contribution in [3.05, 3.63) is 36.0 Å². The van der Waals surface area contributed by atoms with Crippen LogP contribution in [0.4, 0.5) is 0 Å². The lowest BCUT2D eigenvalue weighted by atomic mass is 9.89. The van der Waals surface area contributed by atoms with E-state index in [-0.39, 0.29) is 0 Å². The number of para-hydroxylation sites is 1. The van der Waals surface area contributed by atoms with Gasteiger partial charge in [0.2, 0.25) is 0 Å². The molecule has 2 aliphatic rings. The minimum Gasteiger partial charge on any atom is -0.347 e. The first-order valence-corrected chi connectivity index (χ1v) is 9.20. The van der Waals surface area contributed by atoms with E-state index in [4.69, 9.17) is 0 Å². The third kappa shape index (κ3) is 2.81. The van der Waals surface area contributed by atoms with E-state index >= 15 is 0 Å². The van der Waals surface area contributed by atoms with E-state index in [9.17, 15) is 0 Å². The van der Waals surface area contributed by atoms with Gasteiger partial charge in [-0.15, -0.1) is 0 Å². The Balaban J connectivity index is 1.65. The van der Waals surface area contributed by atoms with Crippen molar-refractivity contribution in [3.63, 3.8) is 0 Å². The van der Waals surface area contributed by atoms with Crippen molar-refractivity contribution in [1.82, 2.24) is 9.88 Å². The first kappa shape index (κ1) is 14.3. The summed E-state index contributed by atoms with van der Waals surface area (Å²) in [5, 5.41) is 5.00. The normalized spacial score (nSPS) is 21.5. The predicted molar refractivity (Wildman–Crippen MR) is 93.4 cm³/mol. The summed E-state index contributed by atoms with van der Waals surface area (Å²) >= 11 is 0. The molecule has 2 aromatic rings. The monoisotopic (exact) mass is 296 g/mol. The van der Waals surface area contributed by atoms with E-state index in [1.165, 1.54) is 75.5 Å². The minimum absolute atomic E-state index is 0.749. The molecule has 2 heterocycles. The zero-order valence-corrected chi connectivity index (χ0v) is 13.6. The molecule has 0 bridgehead atoms. The van der Waals surface area contributed by atoms with Crippen LogP contribution in [0.5, 0.6) is 0 Å². The number of aromatic nitrogens is 1. The number of fused-ring (bicyclic) bond motifs is 1. The molecule has 1 aromatic heterocycles. The maximum Gasteiger partial charge on any atom is 0.0483 e. The Morgan fingerprint density at radius 1 is 0.955 bits per heavy atom. The molecule has 2 fully saturated rings. The van der Waals surface area contributed by atoms with Crippen LogP contribution in [0.15, 0.2) is 30.5 Å². The van der Waals surface area contributed by atoms with Crippen LogP contribution in [0.2, 0.25) is 0 Å². The van der Waals surface area contributed by atoms with Gasteiger partial charge in [-0.1, -0.05) is 37.5 Å². The van der Waals surface area contributed by atoms with Crippen molar-refractivity contribution in [2.24, 2.45) is 5.92 Å². The van der Waals surface area contributed by atoms with E-state index in [1.54, 1.807) is 5.56 Å². The molecule has 0 atom stereocenters. The lowest BCUT2D eigenvalue weighted by Crippen LogP contribution is -2.26. The molecule has 1 saturated heterocycles. The van der Waals surface area contributed by atoms with Gasteiger partial charge in [0.1, 0.15) is 0 Å². The fourth-order valence-corrected chi connectivity index (χ4v) is 4.53. The summed E-state index contributed by atoms with van der Waals surface area (Å²) in [6, 6.07) is 9.07. The second-order valence-electron chi connectivity index (χ2n) is 7.28. The molecule has 1 N–H and O–H groups in total. The molecule has 1 aromatic carbocycles. The largest absolute Gasteiger partial charge is 0.347 e. The molecule has 22 heavy (non-hydrogen) atoms. The van der Waals surface area contributed by atoms with E-state index < -0.39 is 0 Å². The number of benzene rings is 1. The SMILES string of the molecule is c1ccc2c(c1)c(C1CCNCC1)cn2CC1CCCCC1. The summed E-state index contributed by atoms with van der Waals surface area (Å²) in [6.45, 7) is 3.57. The summed E-state index contributed by atoms with van der Waals surface area (Å²) in [5.74, 6) is 1.64. The van der Waals surface area contributed by atoms with Crippen LogP contribution in [-0.2, 0) is 6.54 Å². The fraction of sp³-hybridized carbons (Fsp3) is 0.600. The van der Waals surface area contributed by atoms with Gasteiger partial charge in [0.05, 0.1) is 0 Å². The molecule has 1 aliphatic heterocycles. The molecular weight excluding hydrogens is 268 g/mol. The molecule has 0 amide bonds. The smallest absolute Gasteiger partial charge is 0.0483 e. The fourth-order valence-electron chi connectivity index (χ4n) is 4.53. The molecule has 0 spiro atoms. The second-order valence-corrected chi connectivity index (χ2v) is 7.28. The Labute approximate surface area is 133 Å². The number of rotatable bonds is 3. The third-order valence-electron chi connectivity index (χ3n) is 5.78. The Hall–Kier alpha value is -1.28. The van der Waals surface area contributed by atoms with Gasteiger partial charge in [0.25, 0.3) is 0 Å². The summed E-state index contributed by atoms with van der Waals surface area (Å²) in [4.78, 5) is 0. The molecule has 0 unspecified atom stereocenters. The van der Waals surface area contributed by atoms with Crippen LogP contribution in [0, 0.1) is 5.92 Å². The zero-order chi connectivity index (χ0) is 14.8. The summed E-state index contributed by atoms with van der Waals surface area (Å²) in [6.07, 6.45) is 12.2. The number of piperidine rings is 1. The van der Waals surface area contributed by atoms with Gasteiger partial charge in [-0.25, -0.2) is 0 Å². The average Bonchev–Trinajstić information content (AvgIpc) is 2.96. The highest BCUT2D eigenvalue weighted by molar-refractivity contribution is 5.84. The predicted octanol–water partition coefficient (Wildman–Crippen LogP) is 4.69. The summed E-state index contributed by atoms with van der Waals surface area (Å²) < 4.78 is 2.57. The molecule has 1 aliphatic carbocycles. The number of nitrogens with one attached hydrogen (secondary N) is 1. The van der Waals surface area contributed by atoms with Crippen LogP contribution in [-0.4, -0.2) is 17.7 Å². The highest BCUT2D eigenvalue weighted by atomic mass is 15.0. The van der Waals surface area contributed by atoms with E-state index in [2.05, 4.69) is 40.3 Å². The van der Waals surface area contributed by atoms with E-state index in [0.29, 0.717) is 0 Å². The molecule has 1 saturated carbocycles. The highest BCUT2D eigenvalue weighted by Crippen LogP contribution is 2.34. The van der Waals surface area contributed by atoms with Crippen LogP contribution in [0.3, 0.4) is 0 Å². The standard InChI is InChI=1S/C20H28N2/c1-2-6-16(7-3-1)14-22-15-19(17-10-12-21-13-11-17)18-8-4-5-9-20(18)22/h4-5,8-9,15-17,21H,1-3,6-7,10-14H2. The average molecular weight is 296 g/mol. The van der Waals surface area contributed by atoms with Gasteiger partial charge in [0.15, 0.2) is 0 Å². The summed E-state index contributed by atoms with van der Waals surface area (Å²) in [5.41, 5.74) is 3.06. The Morgan fingerprint density at radius 2 is 1.73 bits per heavy atom. The van der Waals surface area contributed by atoms with Crippen molar-refractivity contribution >= 4 is 10.9 Å². The van der Waals surface area contributed by atoms with Crippen LogP contribution >= 0.6 is 0 Å². The Kier molecular flexibility index (Phi) is 4.20. The molecule has 2 heteroatoms. The van der Waals surface area contributed by atoms with Gasteiger partial charge < -0.3 is 9.88 Å². The first-order valence-electron chi connectivity index (χ1n) is 9.20. The van der Waals surface area contributed by atoms with Gasteiger partial charge >= 0.3 is 0 Å². The number of nitrogens with zero attached hydrogens (tertiary/aromatic N) is 1. The summed E-state index contributed by atoms with van der Waals surface area (Å²) in [7, 11) is 0. The van der Waals surface area contributed by atoms with Crippen molar-refractivity contribution < 1.29 is 0 Å². The van der Waals surface area contributed by atoms with Crippen LogP contribution in [0.25, 0.3) is 10.9 Å². The van der Waals surface area contributed by atoms with Gasteiger partial charge in [-0.3, -0.25) is 0 Å². The molecule has 0 radical (unpaired) electrons. The quantitative estimate of drug-likeness (QED) is 0.869. The van der Waals surface area contributed by atoms with Crippen molar-refractivity contribution in [2.75, 3.05) is 13.1 Å². The van der Waals surface area contributed by atoms with Gasteiger partial charge in [0, 0.05) is 23.6 Å².